The van der Waals surface area contributed by atoms with E-state index in [0.29, 0.717) is 17.7 Å². The number of carbonyl (C=O) groups excluding carboxylic acids is 1. The molecule has 1 aliphatic rings. The number of nitrogens with zero attached hydrogens (tertiary/aromatic N) is 1. The van der Waals surface area contributed by atoms with Crippen molar-refractivity contribution in [2.45, 2.75) is 31.7 Å². The number of piperidine rings is 1. The van der Waals surface area contributed by atoms with Crippen molar-refractivity contribution in [2.75, 3.05) is 18.9 Å². The Morgan fingerprint density at radius 2 is 2.26 bits per heavy atom. The zero-order valence-electron chi connectivity index (χ0n) is 10.8. The normalized spacial score (nSPS) is 19.5. The van der Waals surface area contributed by atoms with Gasteiger partial charge in [-0.05, 0) is 59.8 Å². The first-order valence-electron chi connectivity index (χ1n) is 6.60. The van der Waals surface area contributed by atoms with Gasteiger partial charge in [0, 0.05) is 34.9 Å². The highest BCUT2D eigenvalue weighted by Crippen LogP contribution is 2.25. The Hall–Kier alpha value is -1.07. The maximum Gasteiger partial charge on any atom is 0.254 e. The number of anilines is 1. The molecule has 0 aliphatic carbocycles. The molecule has 1 fully saturated rings. The lowest BCUT2D eigenvalue weighted by Crippen LogP contribution is -2.44. The summed E-state index contributed by atoms with van der Waals surface area (Å²) < 4.78 is 0.801. The monoisotopic (exact) mass is 326 g/mol. The van der Waals surface area contributed by atoms with Crippen molar-refractivity contribution >= 4 is 27.5 Å². The number of hydrogen-bond donors (Lipinski definition) is 2. The van der Waals surface area contributed by atoms with E-state index in [9.17, 15) is 4.79 Å². The number of nitrogen functional groups attached to an aromatic ring is 1. The minimum atomic E-state index is 0.0114. The van der Waals surface area contributed by atoms with Gasteiger partial charge < -0.3 is 15.7 Å². The number of nitrogens with two attached hydrogens (primary N) is 1. The third-order valence-corrected chi connectivity index (χ3v) is 4.32. The SMILES string of the molecule is Nc1cc(C(=O)N2CCCCC2CCO)ccc1Br. The zero-order valence-corrected chi connectivity index (χ0v) is 12.4. The predicted molar refractivity (Wildman–Crippen MR) is 78.9 cm³/mol. The summed E-state index contributed by atoms with van der Waals surface area (Å²) >= 11 is 3.33. The number of likely N-dealkylation sites (tertiary alicyclic amines) is 1. The number of carbonyl (C=O) groups is 1. The number of aliphatic hydroxyl groups excluding tert-OH is 1. The highest BCUT2D eigenvalue weighted by atomic mass is 79.9. The van der Waals surface area contributed by atoms with E-state index >= 15 is 0 Å². The third kappa shape index (κ3) is 3.28. The van der Waals surface area contributed by atoms with E-state index in [-0.39, 0.29) is 18.6 Å². The van der Waals surface area contributed by atoms with Gasteiger partial charge in [-0.25, -0.2) is 0 Å². The molecule has 1 aliphatic heterocycles. The van der Waals surface area contributed by atoms with Gasteiger partial charge in [0.2, 0.25) is 0 Å². The Kier molecular flexibility index (Phi) is 4.82. The molecule has 1 amide bonds. The van der Waals surface area contributed by atoms with Crippen LogP contribution in [-0.2, 0) is 0 Å². The van der Waals surface area contributed by atoms with E-state index in [2.05, 4.69) is 15.9 Å². The summed E-state index contributed by atoms with van der Waals surface area (Å²) in [4.78, 5) is 14.4. The lowest BCUT2D eigenvalue weighted by molar-refractivity contribution is 0.0574. The fourth-order valence-corrected chi connectivity index (χ4v) is 2.81. The molecule has 0 aromatic heterocycles. The molecule has 1 saturated heterocycles. The third-order valence-electron chi connectivity index (χ3n) is 3.59. The number of amides is 1. The topological polar surface area (TPSA) is 66.6 Å². The maximum atomic E-state index is 12.5. The van der Waals surface area contributed by atoms with Gasteiger partial charge >= 0.3 is 0 Å². The molecular weight excluding hydrogens is 308 g/mol. The molecule has 2 rings (SSSR count). The minimum absolute atomic E-state index is 0.0114. The average molecular weight is 327 g/mol. The van der Waals surface area contributed by atoms with Gasteiger partial charge in [-0.3, -0.25) is 4.79 Å². The van der Waals surface area contributed by atoms with Crippen molar-refractivity contribution < 1.29 is 9.90 Å². The van der Waals surface area contributed by atoms with E-state index in [1.165, 1.54) is 0 Å². The van der Waals surface area contributed by atoms with Gasteiger partial charge in [-0.15, -0.1) is 0 Å². The summed E-state index contributed by atoms with van der Waals surface area (Å²) in [6, 6.07) is 5.44. The second-order valence-electron chi connectivity index (χ2n) is 4.90. The smallest absolute Gasteiger partial charge is 0.254 e. The first kappa shape index (κ1) is 14.3. The fourth-order valence-electron chi connectivity index (χ4n) is 2.56. The molecule has 0 saturated carbocycles. The minimum Gasteiger partial charge on any atom is -0.398 e. The van der Waals surface area contributed by atoms with Crippen LogP contribution >= 0.6 is 15.9 Å². The highest BCUT2D eigenvalue weighted by Gasteiger charge is 2.27. The average Bonchev–Trinajstić information content (AvgIpc) is 2.42. The second kappa shape index (κ2) is 6.39. The van der Waals surface area contributed by atoms with Crippen LogP contribution in [0.4, 0.5) is 5.69 Å². The van der Waals surface area contributed by atoms with Crippen molar-refractivity contribution in [3.63, 3.8) is 0 Å². The Morgan fingerprint density at radius 3 is 2.95 bits per heavy atom. The van der Waals surface area contributed by atoms with Crippen molar-refractivity contribution in [1.82, 2.24) is 4.90 Å². The molecule has 0 spiro atoms. The number of hydrogen-bond acceptors (Lipinski definition) is 3. The maximum absolute atomic E-state index is 12.5. The van der Waals surface area contributed by atoms with E-state index in [0.717, 1.165) is 30.3 Å². The van der Waals surface area contributed by atoms with Gasteiger partial charge in [0.05, 0.1) is 0 Å². The fraction of sp³-hybridized carbons (Fsp3) is 0.500. The van der Waals surface area contributed by atoms with Crippen molar-refractivity contribution in [3.05, 3.63) is 28.2 Å². The van der Waals surface area contributed by atoms with Crippen LogP contribution in [0.1, 0.15) is 36.0 Å². The summed E-state index contributed by atoms with van der Waals surface area (Å²) in [5, 5.41) is 9.10. The van der Waals surface area contributed by atoms with Crippen molar-refractivity contribution in [3.8, 4) is 0 Å². The second-order valence-corrected chi connectivity index (χ2v) is 5.75. The number of halogens is 1. The van der Waals surface area contributed by atoms with Gasteiger partial charge in [0.1, 0.15) is 0 Å². The lowest BCUT2D eigenvalue weighted by Gasteiger charge is -2.35. The first-order chi connectivity index (χ1) is 9.13. The van der Waals surface area contributed by atoms with Crippen LogP contribution < -0.4 is 5.73 Å². The van der Waals surface area contributed by atoms with Crippen LogP contribution in [0.25, 0.3) is 0 Å². The molecule has 1 aromatic carbocycles. The molecule has 1 unspecified atom stereocenters. The quantitative estimate of drug-likeness (QED) is 0.838. The van der Waals surface area contributed by atoms with E-state index < -0.39 is 0 Å². The summed E-state index contributed by atoms with van der Waals surface area (Å²) in [7, 11) is 0. The Morgan fingerprint density at radius 1 is 1.47 bits per heavy atom. The summed E-state index contributed by atoms with van der Waals surface area (Å²) in [5.74, 6) is 0.0114. The molecule has 5 heteroatoms. The van der Waals surface area contributed by atoms with Crippen molar-refractivity contribution in [1.29, 1.82) is 0 Å². The molecule has 19 heavy (non-hydrogen) atoms. The van der Waals surface area contributed by atoms with Gasteiger partial charge in [-0.2, -0.15) is 0 Å². The highest BCUT2D eigenvalue weighted by molar-refractivity contribution is 9.10. The Balaban J connectivity index is 2.18. The van der Waals surface area contributed by atoms with E-state index in [1.54, 1.807) is 18.2 Å². The van der Waals surface area contributed by atoms with E-state index in [1.807, 2.05) is 4.90 Å². The Bertz CT molecular complexity index is 463. The largest absolute Gasteiger partial charge is 0.398 e. The molecule has 0 radical (unpaired) electrons. The molecular formula is C14H19BrN2O2. The van der Waals surface area contributed by atoms with Crippen LogP contribution in [0.5, 0.6) is 0 Å². The molecule has 4 nitrogen and oxygen atoms in total. The number of benzene rings is 1. The summed E-state index contributed by atoms with van der Waals surface area (Å²) in [5.41, 5.74) is 7.01. The van der Waals surface area contributed by atoms with Crippen LogP contribution in [0.3, 0.4) is 0 Å². The molecule has 1 aromatic rings. The van der Waals surface area contributed by atoms with Crippen LogP contribution in [0, 0.1) is 0 Å². The summed E-state index contributed by atoms with van der Waals surface area (Å²) in [6.07, 6.45) is 3.77. The standard InChI is InChI=1S/C14H19BrN2O2/c15-12-5-4-10(9-13(12)16)14(19)17-7-2-1-3-11(17)6-8-18/h4-5,9,11,18H,1-3,6-8,16H2. The molecule has 3 N–H and O–H groups in total. The lowest BCUT2D eigenvalue weighted by atomic mass is 9.98. The number of aliphatic hydroxyl groups is 1. The molecule has 0 bridgehead atoms. The molecule has 104 valence electrons. The number of rotatable bonds is 3. The summed E-state index contributed by atoms with van der Waals surface area (Å²) in [6.45, 7) is 0.885. The predicted octanol–water partition coefficient (Wildman–Crippen LogP) is 2.41. The van der Waals surface area contributed by atoms with Gasteiger partial charge in [-0.1, -0.05) is 0 Å². The van der Waals surface area contributed by atoms with Crippen LogP contribution in [0.15, 0.2) is 22.7 Å². The molecule has 1 heterocycles. The van der Waals surface area contributed by atoms with Crippen molar-refractivity contribution in [2.24, 2.45) is 0 Å². The Labute approximate surface area is 121 Å². The van der Waals surface area contributed by atoms with E-state index in [4.69, 9.17) is 10.8 Å². The first-order valence-corrected chi connectivity index (χ1v) is 7.39. The van der Waals surface area contributed by atoms with Gasteiger partial charge in [0.15, 0.2) is 0 Å². The van der Waals surface area contributed by atoms with Crippen LogP contribution in [-0.4, -0.2) is 35.1 Å². The van der Waals surface area contributed by atoms with Crippen LogP contribution in [0.2, 0.25) is 0 Å². The van der Waals surface area contributed by atoms with Gasteiger partial charge in [0.25, 0.3) is 5.91 Å². The molecule has 1 atom stereocenters. The zero-order chi connectivity index (χ0) is 13.8.